The molecule has 2 saturated heterocycles. The molecular weight excluding hydrogens is 872 g/mol. The first-order chi connectivity index (χ1) is 32.4. The Morgan fingerprint density at radius 3 is 2.41 bits per heavy atom. The van der Waals surface area contributed by atoms with Gasteiger partial charge in [0.05, 0.1) is 41.2 Å². The molecular formula is C52H67FN6O9. The monoisotopic (exact) mass is 938 g/mol. The molecule has 6 atom stereocenters. The molecule has 0 aromatic heterocycles. The normalized spacial score (nSPS) is 29.1. The van der Waals surface area contributed by atoms with Gasteiger partial charge in [-0.1, -0.05) is 45.9 Å². The highest BCUT2D eigenvalue weighted by molar-refractivity contribution is 6.21. The molecule has 1 spiro atoms. The van der Waals surface area contributed by atoms with Crippen molar-refractivity contribution in [2.24, 2.45) is 27.7 Å². The van der Waals surface area contributed by atoms with E-state index in [4.69, 9.17) is 19.3 Å². The minimum Gasteiger partial charge on any atom is -0.507 e. The second-order valence-electron chi connectivity index (χ2n) is 19.9. The number of ketones is 1. The number of phenols is 2. The van der Waals surface area contributed by atoms with Gasteiger partial charge in [-0.25, -0.2) is 9.38 Å². The summed E-state index contributed by atoms with van der Waals surface area (Å²) in [6.45, 7) is 17.8. The standard InChI is InChI=1S/C52H67FN6O9/c1-30(2)29-57-23-19-52(20-24-57)55-43-40-41-46(62)34(6)48-42(40)49(64)51(7,67-48)66-27-9-8-14-39(68-59-22-11-21-58(25-26-59)36-17-15-35(53)16-18-36)33(5)38(61)28-37(60)31(3)12-10-13-32(4)50(65)54-45(47(41)63)44(43)56-52/h9-10,12-13,15-18,27,30-31,33,37-39,55,60-63H,8,11,14,19-26,28-29H2,1-7H3/b12-10+,27-9+,32-13-,54-45?/t31?,33-,37-,38?,39-,51?/m1/s1. The Morgan fingerprint density at radius 2 is 1.69 bits per heavy atom. The second-order valence-corrected chi connectivity index (χ2v) is 19.9. The maximum Gasteiger partial charge on any atom is 0.312 e. The van der Waals surface area contributed by atoms with Crippen LogP contribution >= 0.6 is 0 Å². The number of phenolic OH excluding ortho intramolecular Hbond substituents is 2. The molecule has 6 aliphatic heterocycles. The zero-order valence-corrected chi connectivity index (χ0v) is 40.3. The van der Waals surface area contributed by atoms with Crippen LogP contribution in [0.25, 0.3) is 10.8 Å². The minimum absolute atomic E-state index is 0.0611. The molecule has 9 rings (SSSR count). The summed E-state index contributed by atoms with van der Waals surface area (Å²) in [5.74, 6) is -4.43. The lowest BCUT2D eigenvalue weighted by atomic mass is 9.88. The topological polar surface area (TPSA) is 189 Å². The Morgan fingerprint density at radius 1 is 0.956 bits per heavy atom. The van der Waals surface area contributed by atoms with Crippen LogP contribution in [0, 0.1) is 30.5 Å². The summed E-state index contributed by atoms with van der Waals surface area (Å²) in [7, 11) is 0. The van der Waals surface area contributed by atoms with E-state index < -0.39 is 59.0 Å². The molecule has 5 bridgehead atoms. The van der Waals surface area contributed by atoms with Gasteiger partial charge in [0.25, 0.3) is 11.7 Å². The van der Waals surface area contributed by atoms with Gasteiger partial charge in [0.1, 0.15) is 33.7 Å². The van der Waals surface area contributed by atoms with Gasteiger partial charge in [0.2, 0.25) is 0 Å². The Balaban J connectivity index is 1.14. The summed E-state index contributed by atoms with van der Waals surface area (Å²) in [5.41, 5.74) is 0.986. The van der Waals surface area contributed by atoms with Gasteiger partial charge in [-0.05, 0) is 69.4 Å². The molecule has 2 fully saturated rings. The van der Waals surface area contributed by atoms with Crippen molar-refractivity contribution in [1.29, 1.82) is 0 Å². The number of aromatic hydroxyl groups is 2. The number of amides is 1. The van der Waals surface area contributed by atoms with E-state index in [1.165, 1.54) is 25.3 Å². The average molecular weight is 939 g/mol. The minimum atomic E-state index is -1.86. The van der Waals surface area contributed by atoms with Crippen molar-refractivity contribution < 1.29 is 48.7 Å². The summed E-state index contributed by atoms with van der Waals surface area (Å²) in [6.07, 6.45) is 8.76. The van der Waals surface area contributed by atoms with E-state index in [-0.39, 0.29) is 61.9 Å². The van der Waals surface area contributed by atoms with Crippen molar-refractivity contribution in [3.63, 3.8) is 0 Å². The number of nitrogens with zero attached hydrogens (tertiary/aromatic N) is 5. The second kappa shape index (κ2) is 19.9. The van der Waals surface area contributed by atoms with E-state index in [0.29, 0.717) is 56.9 Å². The molecule has 1 amide bonds. The molecule has 16 heteroatoms. The summed E-state index contributed by atoms with van der Waals surface area (Å²) in [6, 6.07) is 6.46. The fraction of sp³-hybridized carbons (Fsp3) is 0.538. The van der Waals surface area contributed by atoms with E-state index in [1.54, 1.807) is 50.3 Å². The summed E-state index contributed by atoms with van der Waals surface area (Å²) in [4.78, 5) is 49.6. The van der Waals surface area contributed by atoms with Crippen molar-refractivity contribution in [3.8, 4) is 17.2 Å². The molecule has 68 heavy (non-hydrogen) atoms. The van der Waals surface area contributed by atoms with E-state index in [9.17, 15) is 34.4 Å². The molecule has 6 aliphatic rings. The molecule has 0 saturated carbocycles. The summed E-state index contributed by atoms with van der Waals surface area (Å²) >= 11 is 0. The largest absolute Gasteiger partial charge is 0.507 e. The predicted molar refractivity (Wildman–Crippen MR) is 257 cm³/mol. The number of piperidine rings is 1. The maximum absolute atomic E-state index is 14.8. The number of Topliss-reactive ketones (excluding diaryl/α,β-unsaturated/α-hetero) is 1. The average Bonchev–Trinajstić information content (AvgIpc) is 3.68. The number of fused-ring (bicyclic) bond motifs is 13. The number of nitrogens with one attached hydrogen (secondary N) is 1. The summed E-state index contributed by atoms with van der Waals surface area (Å²) in [5, 5.41) is 52.7. The zero-order valence-electron chi connectivity index (χ0n) is 40.3. The number of ether oxygens (including phenoxy) is 2. The third-order valence-corrected chi connectivity index (χ3v) is 14.3. The van der Waals surface area contributed by atoms with Crippen LogP contribution in [0.1, 0.15) is 96.0 Å². The molecule has 366 valence electrons. The lowest BCUT2D eigenvalue weighted by Crippen LogP contribution is -2.47. The smallest absolute Gasteiger partial charge is 0.312 e. The van der Waals surface area contributed by atoms with Crippen LogP contribution < -0.4 is 25.7 Å². The van der Waals surface area contributed by atoms with Crippen molar-refractivity contribution in [1.82, 2.24) is 9.96 Å². The number of aliphatic hydroxyl groups excluding tert-OH is 2. The summed E-state index contributed by atoms with van der Waals surface area (Å²) < 4.78 is 26.2. The van der Waals surface area contributed by atoms with Crippen molar-refractivity contribution in [3.05, 3.63) is 88.1 Å². The number of carbonyl (C=O) groups excluding carboxylic acids is 2. The van der Waals surface area contributed by atoms with E-state index in [1.807, 2.05) is 18.9 Å². The molecule has 3 aromatic rings. The highest BCUT2D eigenvalue weighted by Crippen LogP contribution is 2.51. The van der Waals surface area contributed by atoms with Crippen LogP contribution in [0.3, 0.4) is 0 Å². The fourth-order valence-electron chi connectivity index (χ4n) is 10.1. The van der Waals surface area contributed by atoms with Crippen LogP contribution in [-0.4, -0.2) is 118 Å². The number of allylic oxidation sites excluding steroid dienone is 3. The number of benzene rings is 3. The Kier molecular flexibility index (Phi) is 14.4. The van der Waals surface area contributed by atoms with Gasteiger partial charge in [0.15, 0.2) is 5.75 Å². The number of likely N-dealkylation sites (tertiary alicyclic amines) is 1. The highest BCUT2D eigenvalue weighted by Gasteiger charge is 2.50. The zero-order chi connectivity index (χ0) is 48.7. The molecule has 6 heterocycles. The number of hydrogen-bond acceptors (Lipinski definition) is 14. The number of aliphatic hydroxyl groups is 2. The van der Waals surface area contributed by atoms with Gasteiger partial charge in [-0.3, -0.25) is 19.4 Å². The molecule has 0 radical (unpaired) electrons. The number of carbonyl (C=O) groups is 2. The first-order valence-corrected chi connectivity index (χ1v) is 24.2. The predicted octanol–water partition coefficient (Wildman–Crippen LogP) is 6.35. The number of halogens is 1. The maximum atomic E-state index is 14.8. The number of rotatable bonds is 5. The van der Waals surface area contributed by atoms with Gasteiger partial charge in [0, 0.05) is 106 Å². The van der Waals surface area contributed by atoms with Crippen LogP contribution in [0.5, 0.6) is 17.2 Å². The van der Waals surface area contributed by atoms with Gasteiger partial charge in [-0.2, -0.15) is 5.06 Å². The van der Waals surface area contributed by atoms with Crippen molar-refractivity contribution >= 4 is 33.8 Å². The number of hydrogen-bond donors (Lipinski definition) is 5. The highest BCUT2D eigenvalue weighted by atomic mass is 19.1. The molecule has 3 unspecified atom stereocenters. The van der Waals surface area contributed by atoms with Crippen molar-refractivity contribution in [2.45, 2.75) is 117 Å². The van der Waals surface area contributed by atoms with E-state index in [2.05, 4.69) is 34.0 Å². The number of anilines is 2. The van der Waals surface area contributed by atoms with Gasteiger partial charge < -0.3 is 45.0 Å². The number of hydroxylamine groups is 2. The van der Waals surface area contributed by atoms with Crippen molar-refractivity contribution in [2.75, 3.05) is 56.0 Å². The molecule has 5 N–H and O–H groups in total. The van der Waals surface area contributed by atoms with Crippen LogP contribution in [0.4, 0.5) is 15.8 Å². The first-order valence-electron chi connectivity index (χ1n) is 24.2. The Bertz CT molecular complexity index is 2630. The Hall–Kier alpha value is -5.39. The molecule has 0 aliphatic carbocycles. The van der Waals surface area contributed by atoms with Crippen LogP contribution in [-0.2, 0) is 14.4 Å². The SMILES string of the molecule is C/C1=C/C=C/C(C)[C@H](O)CC(O)[C@@H](C)[C@H](ON2CCCN(c3ccc(F)cc3)CC2)CC/C=C/OC2(C)Oc3c(C)c(O)c4c(O)c(c5c(c4c3C2=O)NC2(CCN(CC(C)C)CC2)N=5)=NC1=O. The van der Waals surface area contributed by atoms with Gasteiger partial charge in [-0.15, -0.1) is 0 Å². The molecule has 3 aromatic carbocycles. The molecule has 15 nitrogen and oxygen atoms in total. The van der Waals surface area contributed by atoms with E-state index in [0.717, 1.165) is 38.3 Å². The third kappa shape index (κ3) is 9.88. The van der Waals surface area contributed by atoms with Crippen LogP contribution in [0.15, 0.2) is 70.4 Å². The quantitative estimate of drug-likeness (QED) is 0.178. The lowest BCUT2D eigenvalue weighted by Gasteiger charge is -2.38. The fourth-order valence-corrected chi connectivity index (χ4v) is 10.1. The third-order valence-electron chi connectivity index (χ3n) is 14.3. The first kappa shape index (κ1) is 49.0. The van der Waals surface area contributed by atoms with E-state index >= 15 is 0 Å². The Labute approximate surface area is 397 Å². The van der Waals surface area contributed by atoms with Gasteiger partial charge >= 0.3 is 5.79 Å². The lowest BCUT2D eigenvalue weighted by molar-refractivity contribution is -0.218. The van der Waals surface area contributed by atoms with Crippen LogP contribution in [0.2, 0.25) is 0 Å².